The summed E-state index contributed by atoms with van der Waals surface area (Å²) in [6, 6.07) is 4.86. The Balaban J connectivity index is 2.23. The van der Waals surface area contributed by atoms with E-state index in [1.54, 1.807) is 18.2 Å². The van der Waals surface area contributed by atoms with Crippen LogP contribution >= 0.6 is 0 Å². The first kappa shape index (κ1) is 15.6. The molecule has 0 aliphatic heterocycles. The molecule has 2 rings (SSSR count). The quantitative estimate of drug-likeness (QED) is 0.622. The Morgan fingerprint density at radius 2 is 2.19 bits per heavy atom. The lowest BCUT2D eigenvalue weighted by Crippen LogP contribution is -2.36. The first-order valence-electron chi connectivity index (χ1n) is 7.48. The summed E-state index contributed by atoms with van der Waals surface area (Å²) in [5, 5.41) is 24.5. The monoisotopic (exact) mass is 294 g/mol. The molecule has 1 aliphatic rings. The first-order chi connectivity index (χ1) is 10.1. The fourth-order valence-electron chi connectivity index (χ4n) is 2.64. The molecule has 6 nitrogen and oxygen atoms in total. The van der Waals surface area contributed by atoms with Crippen LogP contribution in [0, 0.1) is 10.1 Å². The van der Waals surface area contributed by atoms with Gasteiger partial charge in [-0.2, -0.15) is 0 Å². The van der Waals surface area contributed by atoms with Crippen LogP contribution in [0.1, 0.15) is 39.0 Å². The molecule has 1 aromatic rings. The Morgan fingerprint density at radius 1 is 1.43 bits per heavy atom. The van der Waals surface area contributed by atoms with E-state index in [0.29, 0.717) is 12.3 Å². The minimum Gasteiger partial charge on any atom is -0.487 e. The number of hydrogen-bond donors (Lipinski definition) is 2. The zero-order valence-electron chi connectivity index (χ0n) is 12.2. The number of anilines is 1. The van der Waals surface area contributed by atoms with Gasteiger partial charge < -0.3 is 15.2 Å². The largest absolute Gasteiger partial charge is 0.487 e. The number of nitrogens with one attached hydrogen (secondary N) is 1. The summed E-state index contributed by atoms with van der Waals surface area (Å²) in [6.07, 6.45) is 3.90. The van der Waals surface area contributed by atoms with Gasteiger partial charge in [-0.3, -0.25) is 10.1 Å². The van der Waals surface area contributed by atoms with Crippen LogP contribution in [0.4, 0.5) is 11.4 Å². The summed E-state index contributed by atoms with van der Waals surface area (Å²) in [6.45, 7) is 2.39. The third kappa shape index (κ3) is 3.85. The number of benzene rings is 1. The zero-order valence-corrected chi connectivity index (χ0v) is 12.2. The summed E-state index contributed by atoms with van der Waals surface area (Å²) >= 11 is 0. The molecule has 0 bridgehead atoms. The number of rotatable bonds is 6. The summed E-state index contributed by atoms with van der Waals surface area (Å²) in [4.78, 5) is 10.9. The van der Waals surface area contributed by atoms with Crippen molar-refractivity contribution in [3.8, 4) is 5.75 Å². The molecular weight excluding hydrogens is 272 g/mol. The topological polar surface area (TPSA) is 84.6 Å². The van der Waals surface area contributed by atoms with Gasteiger partial charge in [0.2, 0.25) is 0 Å². The van der Waals surface area contributed by atoms with Gasteiger partial charge in [-0.1, -0.05) is 25.8 Å². The Labute approximate surface area is 124 Å². The van der Waals surface area contributed by atoms with Crippen LogP contribution in [-0.4, -0.2) is 28.8 Å². The second kappa shape index (κ2) is 7.26. The van der Waals surface area contributed by atoms with Gasteiger partial charge in [0.15, 0.2) is 5.75 Å². The normalized spacial score (nSPS) is 21.8. The molecule has 2 unspecified atom stereocenters. The second-order valence-corrected chi connectivity index (χ2v) is 5.36. The second-order valence-electron chi connectivity index (χ2n) is 5.36. The number of nitro groups is 1. The maximum absolute atomic E-state index is 11.4. The molecule has 2 N–H and O–H groups in total. The molecule has 2 atom stereocenters. The molecule has 0 spiro atoms. The first-order valence-corrected chi connectivity index (χ1v) is 7.48. The van der Waals surface area contributed by atoms with Crippen LogP contribution in [0.3, 0.4) is 0 Å². The molecule has 0 aromatic heterocycles. The van der Waals surface area contributed by atoms with E-state index < -0.39 is 11.0 Å². The lowest BCUT2D eigenvalue weighted by atomic mass is 9.92. The number of nitro benzene ring substituents is 1. The SMILES string of the molecule is CCCOc1cccc(NC2CCCCC2O)c1[N+](=O)[O-]. The highest BCUT2D eigenvalue weighted by atomic mass is 16.6. The van der Waals surface area contributed by atoms with Gasteiger partial charge in [0.1, 0.15) is 5.69 Å². The average molecular weight is 294 g/mol. The van der Waals surface area contributed by atoms with Crippen LogP contribution in [0.15, 0.2) is 18.2 Å². The van der Waals surface area contributed by atoms with Gasteiger partial charge in [0.05, 0.1) is 23.7 Å². The van der Waals surface area contributed by atoms with Gasteiger partial charge in [-0.05, 0) is 31.4 Å². The Bertz CT molecular complexity index is 493. The van der Waals surface area contributed by atoms with Crippen molar-refractivity contribution in [2.24, 2.45) is 0 Å². The van der Waals surface area contributed by atoms with E-state index in [-0.39, 0.29) is 17.5 Å². The maximum atomic E-state index is 11.4. The molecule has 0 amide bonds. The molecule has 21 heavy (non-hydrogen) atoms. The molecule has 0 radical (unpaired) electrons. The highest BCUT2D eigenvalue weighted by Gasteiger charge is 2.27. The number of aliphatic hydroxyl groups excluding tert-OH is 1. The molecular formula is C15H22N2O4. The minimum absolute atomic E-state index is 0.0521. The lowest BCUT2D eigenvalue weighted by Gasteiger charge is -2.29. The van der Waals surface area contributed by atoms with E-state index in [1.165, 1.54) is 0 Å². The number of ether oxygens (including phenoxy) is 1. The minimum atomic E-state index is -0.460. The third-order valence-electron chi connectivity index (χ3n) is 3.71. The van der Waals surface area contributed by atoms with Crippen molar-refractivity contribution < 1.29 is 14.8 Å². The molecule has 1 saturated carbocycles. The molecule has 1 aliphatic carbocycles. The van der Waals surface area contributed by atoms with Gasteiger partial charge >= 0.3 is 5.69 Å². The highest BCUT2D eigenvalue weighted by Crippen LogP contribution is 2.36. The number of hydrogen-bond acceptors (Lipinski definition) is 5. The van der Waals surface area contributed by atoms with Crippen molar-refractivity contribution in [3.63, 3.8) is 0 Å². The van der Waals surface area contributed by atoms with Crippen molar-refractivity contribution in [2.75, 3.05) is 11.9 Å². The van der Waals surface area contributed by atoms with E-state index in [1.807, 2.05) is 6.92 Å². The van der Waals surface area contributed by atoms with E-state index in [2.05, 4.69) is 5.32 Å². The van der Waals surface area contributed by atoms with Crippen molar-refractivity contribution in [3.05, 3.63) is 28.3 Å². The summed E-state index contributed by atoms with van der Waals surface area (Å²) in [5.41, 5.74) is 0.364. The van der Waals surface area contributed by atoms with Crippen LogP contribution in [0.5, 0.6) is 5.75 Å². The molecule has 116 valence electrons. The lowest BCUT2D eigenvalue weighted by molar-refractivity contribution is -0.385. The van der Waals surface area contributed by atoms with Crippen molar-refractivity contribution in [1.82, 2.24) is 0 Å². The van der Waals surface area contributed by atoms with E-state index >= 15 is 0 Å². The third-order valence-corrected chi connectivity index (χ3v) is 3.71. The van der Waals surface area contributed by atoms with Crippen LogP contribution in [0.2, 0.25) is 0 Å². The van der Waals surface area contributed by atoms with E-state index in [4.69, 9.17) is 4.74 Å². The van der Waals surface area contributed by atoms with E-state index in [0.717, 1.165) is 32.1 Å². The Hall–Kier alpha value is -1.82. The standard InChI is InChI=1S/C15H22N2O4/c1-2-10-21-14-9-5-7-12(15(14)17(19)20)16-11-6-3-4-8-13(11)18/h5,7,9,11,13,16,18H,2-4,6,8,10H2,1H3. The van der Waals surface area contributed by atoms with E-state index in [9.17, 15) is 15.2 Å². The predicted octanol–water partition coefficient (Wildman–Crippen LogP) is 3.10. The maximum Gasteiger partial charge on any atom is 0.333 e. The molecule has 6 heteroatoms. The number of nitrogens with zero attached hydrogens (tertiary/aromatic N) is 1. The van der Waals surface area contributed by atoms with Gasteiger partial charge in [-0.15, -0.1) is 0 Å². The summed E-state index contributed by atoms with van der Waals surface area (Å²) in [5.74, 6) is 0.275. The number of para-hydroxylation sites is 1. The fraction of sp³-hybridized carbons (Fsp3) is 0.600. The Kier molecular flexibility index (Phi) is 5.38. The predicted molar refractivity (Wildman–Crippen MR) is 80.8 cm³/mol. The highest BCUT2D eigenvalue weighted by molar-refractivity contribution is 5.68. The van der Waals surface area contributed by atoms with Crippen LogP contribution in [-0.2, 0) is 0 Å². The van der Waals surface area contributed by atoms with Crippen molar-refractivity contribution in [2.45, 2.75) is 51.2 Å². The number of aliphatic hydroxyl groups is 1. The summed E-state index contributed by atoms with van der Waals surface area (Å²) in [7, 11) is 0. The van der Waals surface area contributed by atoms with Gasteiger partial charge in [0, 0.05) is 0 Å². The summed E-state index contributed by atoms with van der Waals surface area (Å²) < 4.78 is 5.46. The average Bonchev–Trinajstić information content (AvgIpc) is 2.47. The zero-order chi connectivity index (χ0) is 15.2. The van der Waals surface area contributed by atoms with Gasteiger partial charge in [-0.25, -0.2) is 0 Å². The molecule has 0 saturated heterocycles. The van der Waals surface area contributed by atoms with Crippen LogP contribution < -0.4 is 10.1 Å². The molecule has 1 aromatic carbocycles. The molecule has 1 fully saturated rings. The van der Waals surface area contributed by atoms with Gasteiger partial charge in [0.25, 0.3) is 0 Å². The van der Waals surface area contributed by atoms with Crippen LogP contribution in [0.25, 0.3) is 0 Å². The Morgan fingerprint density at radius 3 is 2.86 bits per heavy atom. The van der Waals surface area contributed by atoms with Crippen molar-refractivity contribution in [1.29, 1.82) is 0 Å². The molecule has 0 heterocycles. The smallest absolute Gasteiger partial charge is 0.333 e. The fourth-order valence-corrected chi connectivity index (χ4v) is 2.64. The van der Waals surface area contributed by atoms with Crippen molar-refractivity contribution >= 4 is 11.4 Å².